The maximum atomic E-state index is 12.2. The van der Waals surface area contributed by atoms with E-state index in [-0.39, 0.29) is 19.0 Å². The number of rotatable bonds is 6. The van der Waals surface area contributed by atoms with Crippen LogP contribution >= 0.6 is 0 Å². The van der Waals surface area contributed by atoms with Gasteiger partial charge in [0, 0.05) is 12.2 Å². The molecule has 124 valence electrons. The van der Waals surface area contributed by atoms with Crippen LogP contribution in [0.25, 0.3) is 0 Å². The number of likely N-dealkylation sites (N-methyl/N-ethyl adjacent to an activating group) is 1. The van der Waals surface area contributed by atoms with Crippen molar-refractivity contribution >= 4 is 11.6 Å². The maximum absolute atomic E-state index is 12.2. The number of anilines is 1. The third-order valence-electron chi connectivity index (χ3n) is 3.04. The van der Waals surface area contributed by atoms with Gasteiger partial charge in [-0.1, -0.05) is 26.0 Å². The van der Waals surface area contributed by atoms with Gasteiger partial charge in [0.25, 0.3) is 0 Å². The molecule has 0 saturated carbocycles. The largest absolute Gasteiger partial charge is 0.401 e. The fraction of sp³-hybridized carbons (Fsp3) is 0.533. The van der Waals surface area contributed by atoms with Gasteiger partial charge >= 0.3 is 6.18 Å². The molecule has 22 heavy (non-hydrogen) atoms. The van der Waals surface area contributed by atoms with Crippen molar-refractivity contribution in [1.29, 1.82) is 0 Å². The smallest absolute Gasteiger partial charge is 0.370 e. The molecule has 0 unspecified atom stereocenters. The number of nitrogens with one attached hydrogen (secondary N) is 1. The highest BCUT2D eigenvalue weighted by Crippen LogP contribution is 2.18. The topological polar surface area (TPSA) is 53.6 Å². The van der Waals surface area contributed by atoms with Crippen molar-refractivity contribution < 1.29 is 13.2 Å². The van der Waals surface area contributed by atoms with Crippen LogP contribution in [0.4, 0.5) is 18.9 Å². The summed E-state index contributed by atoms with van der Waals surface area (Å²) in [4.78, 5) is 5.20. The minimum absolute atomic E-state index is 0.188. The van der Waals surface area contributed by atoms with Gasteiger partial charge in [0.05, 0.1) is 13.1 Å². The zero-order valence-corrected chi connectivity index (χ0v) is 13.1. The lowest BCUT2D eigenvalue weighted by atomic mass is 10.0. The van der Waals surface area contributed by atoms with Gasteiger partial charge in [0.2, 0.25) is 0 Å². The predicted octanol–water partition coefficient (Wildman–Crippen LogP) is 3.03. The van der Waals surface area contributed by atoms with Crippen molar-refractivity contribution in [3.8, 4) is 0 Å². The van der Waals surface area contributed by atoms with Gasteiger partial charge in [-0.25, -0.2) is 0 Å². The summed E-state index contributed by atoms with van der Waals surface area (Å²) in [5.41, 5.74) is 7.73. The first-order valence-corrected chi connectivity index (χ1v) is 7.09. The van der Waals surface area contributed by atoms with Gasteiger partial charge in [0.15, 0.2) is 5.96 Å². The minimum Gasteiger partial charge on any atom is -0.370 e. The minimum atomic E-state index is -4.19. The number of halogens is 3. The van der Waals surface area contributed by atoms with Crippen LogP contribution in [0.2, 0.25) is 0 Å². The van der Waals surface area contributed by atoms with Crippen LogP contribution in [0.1, 0.15) is 25.3 Å². The van der Waals surface area contributed by atoms with E-state index in [0.717, 1.165) is 10.6 Å². The molecule has 0 bridgehead atoms. The molecular formula is C15H23F3N4. The zero-order chi connectivity index (χ0) is 16.8. The number of guanidine groups is 1. The average Bonchev–Trinajstić information content (AvgIpc) is 2.36. The highest BCUT2D eigenvalue weighted by molar-refractivity contribution is 5.92. The van der Waals surface area contributed by atoms with Gasteiger partial charge in [-0.3, -0.25) is 9.89 Å². The van der Waals surface area contributed by atoms with Crippen molar-refractivity contribution in [3.63, 3.8) is 0 Å². The molecular weight excluding hydrogens is 293 g/mol. The van der Waals surface area contributed by atoms with E-state index in [9.17, 15) is 13.2 Å². The van der Waals surface area contributed by atoms with E-state index < -0.39 is 12.7 Å². The Balaban J connectivity index is 2.48. The molecule has 0 radical (unpaired) electrons. The third kappa shape index (κ3) is 7.31. The van der Waals surface area contributed by atoms with Crippen molar-refractivity contribution in [2.45, 2.75) is 25.9 Å². The number of hydrogen-bond acceptors (Lipinski definition) is 2. The first kappa shape index (κ1) is 18.3. The molecule has 3 N–H and O–H groups in total. The van der Waals surface area contributed by atoms with Crippen LogP contribution in [-0.4, -0.2) is 43.7 Å². The Morgan fingerprint density at radius 1 is 1.36 bits per heavy atom. The highest BCUT2D eigenvalue weighted by Gasteiger charge is 2.28. The van der Waals surface area contributed by atoms with E-state index in [1.807, 2.05) is 24.3 Å². The summed E-state index contributed by atoms with van der Waals surface area (Å²) >= 11 is 0. The van der Waals surface area contributed by atoms with E-state index in [2.05, 4.69) is 24.2 Å². The molecule has 1 rings (SSSR count). The lowest BCUT2D eigenvalue weighted by molar-refractivity contribution is -0.142. The summed E-state index contributed by atoms with van der Waals surface area (Å²) in [6.45, 7) is 3.62. The Bertz CT molecular complexity index is 498. The molecule has 0 aromatic heterocycles. The number of hydrogen-bond donors (Lipinski definition) is 2. The van der Waals surface area contributed by atoms with Crippen molar-refractivity contribution in [1.82, 2.24) is 4.90 Å². The number of alkyl halides is 3. The van der Waals surface area contributed by atoms with E-state index in [4.69, 9.17) is 5.73 Å². The number of benzene rings is 1. The van der Waals surface area contributed by atoms with Crippen LogP contribution in [0.15, 0.2) is 29.3 Å². The molecule has 0 amide bonds. The standard InChI is InChI=1S/C15H23F3N4/c1-11(2)12-5-4-6-13(9-12)21-14(19)20-7-8-22(3)10-15(16,17)18/h4-6,9,11H,7-8,10H2,1-3H3,(H3,19,20,21). The first-order chi connectivity index (χ1) is 10.2. The number of nitrogens with zero attached hydrogens (tertiary/aromatic N) is 2. The van der Waals surface area contributed by atoms with Crippen LogP contribution in [-0.2, 0) is 0 Å². The molecule has 0 aliphatic rings. The Morgan fingerprint density at radius 3 is 2.64 bits per heavy atom. The second-order valence-electron chi connectivity index (χ2n) is 5.53. The molecule has 1 aromatic rings. The summed E-state index contributed by atoms with van der Waals surface area (Å²) in [5.74, 6) is 0.595. The van der Waals surface area contributed by atoms with Crippen molar-refractivity contribution in [2.75, 3.05) is 32.0 Å². The summed E-state index contributed by atoms with van der Waals surface area (Å²) in [6, 6.07) is 7.78. The van der Waals surface area contributed by atoms with Crippen molar-refractivity contribution in [2.24, 2.45) is 10.7 Å². The summed E-state index contributed by atoms with van der Waals surface area (Å²) in [6.07, 6.45) is -4.19. The van der Waals surface area contributed by atoms with Gasteiger partial charge in [-0.05, 0) is 30.7 Å². The lowest BCUT2D eigenvalue weighted by Gasteiger charge is -2.17. The van der Waals surface area contributed by atoms with Gasteiger partial charge in [-0.15, -0.1) is 0 Å². The zero-order valence-electron chi connectivity index (χ0n) is 13.1. The van der Waals surface area contributed by atoms with Crippen LogP contribution in [0.3, 0.4) is 0 Å². The van der Waals surface area contributed by atoms with Crippen LogP contribution < -0.4 is 11.1 Å². The SMILES string of the molecule is CC(C)c1cccc(NC(N)=NCCN(C)CC(F)(F)F)c1. The molecule has 1 aromatic carbocycles. The molecule has 0 aliphatic carbocycles. The van der Waals surface area contributed by atoms with E-state index in [1.54, 1.807) is 0 Å². The molecule has 0 atom stereocenters. The third-order valence-corrected chi connectivity index (χ3v) is 3.04. The second kappa shape index (κ2) is 8.03. The lowest BCUT2D eigenvalue weighted by Crippen LogP contribution is -2.33. The van der Waals surface area contributed by atoms with E-state index in [0.29, 0.717) is 5.92 Å². The predicted molar refractivity (Wildman–Crippen MR) is 84.2 cm³/mol. The van der Waals surface area contributed by atoms with Crippen LogP contribution in [0, 0.1) is 0 Å². The summed E-state index contributed by atoms with van der Waals surface area (Å²) in [5, 5.41) is 2.95. The Kier molecular flexibility index (Phi) is 6.67. The normalized spacial score (nSPS) is 13.0. The quantitative estimate of drug-likeness (QED) is 0.626. The van der Waals surface area contributed by atoms with Gasteiger partial charge in [0.1, 0.15) is 0 Å². The summed E-state index contributed by atoms with van der Waals surface area (Å²) < 4.78 is 36.5. The Morgan fingerprint density at radius 2 is 2.05 bits per heavy atom. The molecule has 0 aliphatic heterocycles. The first-order valence-electron chi connectivity index (χ1n) is 7.09. The fourth-order valence-corrected chi connectivity index (χ4v) is 1.89. The number of aliphatic imine (C=N–C) groups is 1. The molecule has 0 heterocycles. The van der Waals surface area contributed by atoms with Crippen LogP contribution in [0.5, 0.6) is 0 Å². The van der Waals surface area contributed by atoms with E-state index in [1.165, 1.54) is 12.6 Å². The monoisotopic (exact) mass is 316 g/mol. The van der Waals surface area contributed by atoms with Gasteiger partial charge < -0.3 is 11.1 Å². The number of nitrogens with two attached hydrogens (primary N) is 1. The highest BCUT2D eigenvalue weighted by atomic mass is 19.4. The van der Waals surface area contributed by atoms with Crippen molar-refractivity contribution in [3.05, 3.63) is 29.8 Å². The fourth-order valence-electron chi connectivity index (χ4n) is 1.89. The Hall–Kier alpha value is -1.76. The molecule has 0 saturated heterocycles. The molecule has 0 spiro atoms. The molecule has 0 fully saturated rings. The average molecular weight is 316 g/mol. The summed E-state index contributed by atoms with van der Waals surface area (Å²) in [7, 11) is 1.40. The molecule has 7 heteroatoms. The molecule has 4 nitrogen and oxygen atoms in total. The maximum Gasteiger partial charge on any atom is 0.401 e. The second-order valence-corrected chi connectivity index (χ2v) is 5.53. The Labute approximate surface area is 129 Å². The van der Waals surface area contributed by atoms with Gasteiger partial charge in [-0.2, -0.15) is 13.2 Å². The van der Waals surface area contributed by atoms with E-state index >= 15 is 0 Å².